The van der Waals surface area contributed by atoms with Gasteiger partial charge < -0.3 is 5.32 Å². The van der Waals surface area contributed by atoms with Gasteiger partial charge in [0.15, 0.2) is 5.11 Å². The van der Waals surface area contributed by atoms with Crippen LogP contribution in [0.5, 0.6) is 0 Å². The third-order valence-corrected chi connectivity index (χ3v) is 5.01. The van der Waals surface area contributed by atoms with Gasteiger partial charge in [0.05, 0.1) is 0 Å². The average Bonchev–Trinajstić information content (AvgIpc) is 3.00. The summed E-state index contributed by atoms with van der Waals surface area (Å²) in [6.07, 6.45) is 11.8. The van der Waals surface area contributed by atoms with Gasteiger partial charge in [-0.1, -0.05) is 12.8 Å². The number of hydrogen-bond donors (Lipinski definition) is 2. The monoisotopic (exact) mass is 265 g/mol. The lowest BCUT2D eigenvalue weighted by molar-refractivity contribution is 0.389. The number of hydrogen-bond acceptors (Lipinski definition) is 2. The summed E-state index contributed by atoms with van der Waals surface area (Å²) >= 11 is 5.35. The van der Waals surface area contributed by atoms with E-state index < -0.39 is 0 Å². The maximum Gasteiger partial charge on any atom is 0.187 e. The Balaban J connectivity index is 1.44. The summed E-state index contributed by atoms with van der Waals surface area (Å²) in [5, 5.41) is 8.64. The van der Waals surface area contributed by atoms with E-state index in [0.29, 0.717) is 6.04 Å². The summed E-state index contributed by atoms with van der Waals surface area (Å²) in [5.41, 5.74) is 4.34. The number of nitrogens with one attached hydrogen (secondary N) is 2. The molecule has 0 aromatic carbocycles. The van der Waals surface area contributed by atoms with E-state index in [1.165, 1.54) is 50.7 Å². The summed E-state index contributed by atoms with van der Waals surface area (Å²) in [7, 11) is 0. The van der Waals surface area contributed by atoms with Crippen molar-refractivity contribution in [2.45, 2.75) is 63.8 Å². The van der Waals surface area contributed by atoms with Gasteiger partial charge in [0, 0.05) is 11.8 Å². The largest absolute Gasteiger partial charge is 0.358 e. The van der Waals surface area contributed by atoms with Crippen molar-refractivity contribution in [3.8, 4) is 0 Å². The van der Waals surface area contributed by atoms with Crippen LogP contribution in [0.4, 0.5) is 0 Å². The molecule has 3 aliphatic rings. The zero-order valence-electron chi connectivity index (χ0n) is 11.0. The summed E-state index contributed by atoms with van der Waals surface area (Å²) in [5.74, 6) is 1.82. The molecule has 4 heteroatoms. The van der Waals surface area contributed by atoms with Crippen molar-refractivity contribution in [3.63, 3.8) is 0 Å². The maximum absolute atomic E-state index is 5.35. The molecule has 0 heterocycles. The molecule has 0 spiro atoms. The van der Waals surface area contributed by atoms with E-state index in [0.717, 1.165) is 29.8 Å². The molecule has 100 valence electrons. The van der Waals surface area contributed by atoms with Crippen LogP contribution in [0.25, 0.3) is 0 Å². The van der Waals surface area contributed by atoms with Crippen molar-refractivity contribution >= 4 is 23.0 Å². The molecule has 2 N–H and O–H groups in total. The van der Waals surface area contributed by atoms with Crippen LogP contribution in [0.2, 0.25) is 0 Å². The highest BCUT2D eigenvalue weighted by Crippen LogP contribution is 2.44. The van der Waals surface area contributed by atoms with Crippen LogP contribution in [-0.2, 0) is 0 Å². The quantitative estimate of drug-likeness (QED) is 0.595. The van der Waals surface area contributed by atoms with Crippen molar-refractivity contribution in [2.75, 3.05) is 0 Å². The molecule has 2 bridgehead atoms. The molecule has 3 atom stereocenters. The second kappa shape index (κ2) is 5.55. The third kappa shape index (κ3) is 2.85. The third-order valence-electron chi connectivity index (χ3n) is 4.80. The molecule has 3 nitrogen and oxygen atoms in total. The summed E-state index contributed by atoms with van der Waals surface area (Å²) in [4.78, 5) is 0. The van der Waals surface area contributed by atoms with Crippen LogP contribution in [0.3, 0.4) is 0 Å². The average molecular weight is 265 g/mol. The van der Waals surface area contributed by atoms with Crippen LogP contribution in [0, 0.1) is 11.8 Å². The van der Waals surface area contributed by atoms with Crippen LogP contribution in [-0.4, -0.2) is 16.9 Å². The highest BCUT2D eigenvalue weighted by atomic mass is 32.1. The SMILES string of the molecule is S=C(NN=C1CCCCC1)NC1CC2CCC1C2. The molecule has 0 radical (unpaired) electrons. The Bertz CT molecular complexity index is 345. The first-order valence-electron chi connectivity index (χ1n) is 7.43. The van der Waals surface area contributed by atoms with Crippen LogP contribution in [0.15, 0.2) is 5.10 Å². The fourth-order valence-electron chi connectivity index (χ4n) is 3.82. The second-order valence-electron chi connectivity index (χ2n) is 6.11. The Kier molecular flexibility index (Phi) is 3.83. The van der Waals surface area contributed by atoms with Crippen LogP contribution < -0.4 is 10.7 Å². The lowest BCUT2D eigenvalue weighted by Gasteiger charge is -2.24. The van der Waals surface area contributed by atoms with Gasteiger partial charge in [0.25, 0.3) is 0 Å². The zero-order chi connectivity index (χ0) is 12.4. The standard InChI is InChI=1S/C14H23N3S/c18-14(17-16-12-4-2-1-3-5-12)15-13-9-10-6-7-11(13)8-10/h10-11,13H,1-9H2,(H2,15,17,18). The number of fused-ring (bicyclic) bond motifs is 2. The minimum atomic E-state index is 0.607. The van der Waals surface area contributed by atoms with E-state index in [9.17, 15) is 0 Å². The zero-order valence-corrected chi connectivity index (χ0v) is 11.8. The van der Waals surface area contributed by atoms with Gasteiger partial charge in [-0.05, 0) is 69.0 Å². The van der Waals surface area contributed by atoms with Gasteiger partial charge in [-0.25, -0.2) is 0 Å². The normalized spacial score (nSPS) is 34.4. The molecule has 3 fully saturated rings. The van der Waals surface area contributed by atoms with Crippen molar-refractivity contribution in [2.24, 2.45) is 16.9 Å². The van der Waals surface area contributed by atoms with Crippen molar-refractivity contribution < 1.29 is 0 Å². The van der Waals surface area contributed by atoms with E-state index >= 15 is 0 Å². The molecule has 3 rings (SSSR count). The Morgan fingerprint density at radius 2 is 1.94 bits per heavy atom. The van der Waals surface area contributed by atoms with Gasteiger partial charge in [0.2, 0.25) is 0 Å². The first kappa shape index (κ1) is 12.4. The van der Waals surface area contributed by atoms with Crippen molar-refractivity contribution in [1.29, 1.82) is 0 Å². The fraction of sp³-hybridized carbons (Fsp3) is 0.857. The second-order valence-corrected chi connectivity index (χ2v) is 6.51. The van der Waals surface area contributed by atoms with Gasteiger partial charge in [0.1, 0.15) is 0 Å². The molecule has 0 aromatic heterocycles. The predicted molar refractivity (Wildman–Crippen MR) is 78.6 cm³/mol. The minimum absolute atomic E-state index is 0.607. The molecule has 3 saturated carbocycles. The first-order chi connectivity index (χ1) is 8.81. The highest BCUT2D eigenvalue weighted by Gasteiger charge is 2.39. The van der Waals surface area contributed by atoms with Crippen LogP contribution >= 0.6 is 12.2 Å². The lowest BCUT2D eigenvalue weighted by Crippen LogP contribution is -2.42. The Morgan fingerprint density at radius 3 is 2.61 bits per heavy atom. The molecule has 0 aromatic rings. The van der Waals surface area contributed by atoms with E-state index in [4.69, 9.17) is 12.2 Å². The molecular formula is C14H23N3S. The minimum Gasteiger partial charge on any atom is -0.358 e. The van der Waals surface area contributed by atoms with E-state index in [2.05, 4.69) is 15.8 Å². The highest BCUT2D eigenvalue weighted by molar-refractivity contribution is 7.80. The molecular weight excluding hydrogens is 242 g/mol. The lowest BCUT2D eigenvalue weighted by atomic mass is 9.96. The molecule has 3 aliphatic carbocycles. The smallest absolute Gasteiger partial charge is 0.187 e. The number of thiocarbonyl (C=S) groups is 1. The summed E-state index contributed by atoms with van der Waals surface area (Å²) in [6.45, 7) is 0. The molecule has 0 aliphatic heterocycles. The first-order valence-corrected chi connectivity index (χ1v) is 7.84. The van der Waals surface area contributed by atoms with Gasteiger partial charge in [-0.15, -0.1) is 0 Å². The van der Waals surface area contributed by atoms with Crippen LogP contribution in [0.1, 0.15) is 57.8 Å². The Labute approximate surface area is 115 Å². The van der Waals surface area contributed by atoms with Gasteiger partial charge in [-0.3, -0.25) is 5.43 Å². The van der Waals surface area contributed by atoms with Gasteiger partial charge >= 0.3 is 0 Å². The molecule has 0 amide bonds. The van der Waals surface area contributed by atoms with Crippen molar-refractivity contribution in [3.05, 3.63) is 0 Å². The summed E-state index contributed by atoms with van der Waals surface area (Å²) in [6, 6.07) is 0.607. The summed E-state index contributed by atoms with van der Waals surface area (Å²) < 4.78 is 0. The molecule has 18 heavy (non-hydrogen) atoms. The van der Waals surface area contributed by atoms with E-state index in [-0.39, 0.29) is 0 Å². The topological polar surface area (TPSA) is 36.4 Å². The Hall–Kier alpha value is -0.640. The number of nitrogens with zero attached hydrogens (tertiary/aromatic N) is 1. The molecule has 3 unspecified atom stereocenters. The molecule has 0 saturated heterocycles. The maximum atomic E-state index is 5.35. The predicted octanol–water partition coefficient (Wildman–Crippen LogP) is 2.96. The Morgan fingerprint density at radius 1 is 1.11 bits per heavy atom. The van der Waals surface area contributed by atoms with E-state index in [1.54, 1.807) is 0 Å². The fourth-order valence-corrected chi connectivity index (χ4v) is 4.02. The van der Waals surface area contributed by atoms with E-state index in [1.807, 2.05) is 0 Å². The number of rotatable bonds is 2. The van der Waals surface area contributed by atoms with Crippen molar-refractivity contribution in [1.82, 2.24) is 10.7 Å². The number of hydrazone groups is 1. The van der Waals surface area contributed by atoms with Gasteiger partial charge in [-0.2, -0.15) is 5.10 Å².